The van der Waals surface area contributed by atoms with Crippen LogP contribution >= 0.6 is 0 Å². The lowest BCUT2D eigenvalue weighted by atomic mass is 9.99. The molecule has 1 amide bonds. The summed E-state index contributed by atoms with van der Waals surface area (Å²) in [4.78, 5) is 23.5. The van der Waals surface area contributed by atoms with Gasteiger partial charge in [-0.2, -0.15) is 0 Å². The van der Waals surface area contributed by atoms with Gasteiger partial charge in [-0.05, 0) is 27.2 Å². The van der Waals surface area contributed by atoms with Crippen molar-refractivity contribution in [3.05, 3.63) is 0 Å². The number of ether oxygens (including phenoxy) is 1. The molecule has 1 aliphatic rings. The van der Waals surface area contributed by atoms with E-state index in [1.165, 1.54) is 4.90 Å². The number of aldehydes is 1. The predicted molar refractivity (Wildman–Crippen MR) is 56.9 cm³/mol. The zero-order chi connectivity index (χ0) is 12.3. The Labute approximate surface area is 94.7 Å². The average molecular weight is 231 g/mol. The Morgan fingerprint density at radius 1 is 1.44 bits per heavy atom. The number of hydrogen-bond donors (Lipinski definition) is 0. The standard InChI is InChI=1S/C11H18FNO3/c1-11(2,3)16-10(15)13-5-8(7-14)4-9(12)6-13/h7-9H,4-6H2,1-3H3. The molecular formula is C11H18FNO3. The monoisotopic (exact) mass is 231 g/mol. The van der Waals surface area contributed by atoms with Crippen molar-refractivity contribution < 1.29 is 18.7 Å². The summed E-state index contributed by atoms with van der Waals surface area (Å²) in [5, 5.41) is 0. The quantitative estimate of drug-likeness (QED) is 0.646. The van der Waals surface area contributed by atoms with Crippen molar-refractivity contribution in [2.45, 2.75) is 39.0 Å². The Morgan fingerprint density at radius 2 is 2.06 bits per heavy atom. The minimum atomic E-state index is -1.14. The van der Waals surface area contributed by atoms with E-state index in [9.17, 15) is 14.0 Å². The van der Waals surface area contributed by atoms with E-state index in [0.29, 0.717) is 6.29 Å². The van der Waals surface area contributed by atoms with Gasteiger partial charge in [0.05, 0.1) is 6.54 Å². The van der Waals surface area contributed by atoms with Crippen LogP contribution in [0.25, 0.3) is 0 Å². The summed E-state index contributed by atoms with van der Waals surface area (Å²) < 4.78 is 18.4. The highest BCUT2D eigenvalue weighted by Gasteiger charge is 2.32. The van der Waals surface area contributed by atoms with Crippen molar-refractivity contribution in [1.29, 1.82) is 0 Å². The van der Waals surface area contributed by atoms with Crippen LogP contribution in [0.4, 0.5) is 9.18 Å². The van der Waals surface area contributed by atoms with Crippen LogP contribution < -0.4 is 0 Å². The van der Waals surface area contributed by atoms with E-state index >= 15 is 0 Å². The van der Waals surface area contributed by atoms with Crippen LogP contribution in [-0.2, 0) is 9.53 Å². The van der Waals surface area contributed by atoms with Crippen molar-refractivity contribution in [3.8, 4) is 0 Å². The van der Waals surface area contributed by atoms with Gasteiger partial charge in [0.1, 0.15) is 18.1 Å². The molecule has 0 aromatic carbocycles. The van der Waals surface area contributed by atoms with Crippen LogP contribution in [0.5, 0.6) is 0 Å². The zero-order valence-electron chi connectivity index (χ0n) is 9.90. The van der Waals surface area contributed by atoms with Gasteiger partial charge in [-0.15, -0.1) is 0 Å². The summed E-state index contributed by atoms with van der Waals surface area (Å²) in [6.07, 6.45) is -0.801. The molecule has 1 aliphatic heterocycles. The lowest BCUT2D eigenvalue weighted by molar-refractivity contribution is -0.113. The second-order valence-electron chi connectivity index (χ2n) is 5.11. The second kappa shape index (κ2) is 4.80. The fourth-order valence-corrected chi connectivity index (χ4v) is 1.65. The average Bonchev–Trinajstić information content (AvgIpc) is 2.14. The normalized spacial score (nSPS) is 26.4. The number of nitrogens with zero attached hydrogens (tertiary/aromatic N) is 1. The van der Waals surface area contributed by atoms with Gasteiger partial charge in [-0.25, -0.2) is 9.18 Å². The Morgan fingerprint density at radius 3 is 2.56 bits per heavy atom. The summed E-state index contributed by atoms with van der Waals surface area (Å²) in [6.45, 7) is 5.51. The van der Waals surface area contributed by atoms with Gasteiger partial charge in [0, 0.05) is 12.5 Å². The molecule has 0 saturated carbocycles. The molecule has 4 nitrogen and oxygen atoms in total. The largest absolute Gasteiger partial charge is 0.444 e. The van der Waals surface area contributed by atoms with Crippen LogP contribution in [0.3, 0.4) is 0 Å². The van der Waals surface area contributed by atoms with Gasteiger partial charge in [0.25, 0.3) is 0 Å². The van der Waals surface area contributed by atoms with E-state index in [0.717, 1.165) is 0 Å². The molecule has 0 N–H and O–H groups in total. The molecule has 0 radical (unpaired) electrons. The molecule has 92 valence electrons. The molecule has 0 bridgehead atoms. The summed E-state index contributed by atoms with van der Waals surface area (Å²) in [7, 11) is 0. The fraction of sp³-hybridized carbons (Fsp3) is 0.818. The first-order valence-corrected chi connectivity index (χ1v) is 5.39. The van der Waals surface area contributed by atoms with Crippen molar-refractivity contribution >= 4 is 12.4 Å². The molecule has 1 fully saturated rings. The third-order valence-corrected chi connectivity index (χ3v) is 2.28. The molecule has 5 heteroatoms. The molecule has 0 aromatic heterocycles. The van der Waals surface area contributed by atoms with Gasteiger partial charge in [0.2, 0.25) is 0 Å². The van der Waals surface area contributed by atoms with Crippen molar-refractivity contribution in [2.75, 3.05) is 13.1 Å². The predicted octanol–water partition coefficient (Wildman–Crippen LogP) is 1.78. The van der Waals surface area contributed by atoms with Crippen molar-refractivity contribution in [1.82, 2.24) is 4.90 Å². The van der Waals surface area contributed by atoms with Crippen LogP contribution in [0, 0.1) is 5.92 Å². The number of halogens is 1. The number of carbonyl (C=O) groups is 2. The molecule has 0 aromatic rings. The third-order valence-electron chi connectivity index (χ3n) is 2.28. The Balaban J connectivity index is 2.58. The number of piperidine rings is 1. The maximum absolute atomic E-state index is 13.3. The first-order valence-electron chi connectivity index (χ1n) is 5.39. The maximum atomic E-state index is 13.3. The Kier molecular flexibility index (Phi) is 3.88. The van der Waals surface area contributed by atoms with Crippen LogP contribution in [0.15, 0.2) is 0 Å². The van der Waals surface area contributed by atoms with Gasteiger partial charge >= 0.3 is 6.09 Å². The fourth-order valence-electron chi connectivity index (χ4n) is 1.65. The zero-order valence-corrected chi connectivity index (χ0v) is 9.90. The van der Waals surface area contributed by atoms with Crippen LogP contribution in [0.2, 0.25) is 0 Å². The summed E-state index contributed by atoms with van der Waals surface area (Å²) in [5.41, 5.74) is -0.600. The number of amides is 1. The van der Waals surface area contributed by atoms with E-state index in [2.05, 4.69) is 0 Å². The lowest BCUT2D eigenvalue weighted by Gasteiger charge is -2.33. The minimum Gasteiger partial charge on any atom is -0.444 e. The van der Waals surface area contributed by atoms with Crippen molar-refractivity contribution in [3.63, 3.8) is 0 Å². The number of likely N-dealkylation sites (tertiary alicyclic amines) is 1. The highest BCUT2D eigenvalue weighted by atomic mass is 19.1. The van der Waals surface area contributed by atoms with E-state index < -0.39 is 23.8 Å². The molecule has 16 heavy (non-hydrogen) atoms. The lowest BCUT2D eigenvalue weighted by Crippen LogP contribution is -2.47. The summed E-state index contributed by atoms with van der Waals surface area (Å²) in [6, 6.07) is 0. The van der Waals surface area contributed by atoms with Crippen LogP contribution in [-0.4, -0.2) is 42.1 Å². The van der Waals surface area contributed by atoms with Crippen LogP contribution in [0.1, 0.15) is 27.2 Å². The first-order chi connectivity index (χ1) is 7.31. The smallest absolute Gasteiger partial charge is 0.410 e. The SMILES string of the molecule is CC(C)(C)OC(=O)N1CC(F)CC(C=O)C1. The molecule has 2 atom stereocenters. The van der Waals surface area contributed by atoms with E-state index in [-0.39, 0.29) is 19.5 Å². The third kappa shape index (κ3) is 3.79. The summed E-state index contributed by atoms with van der Waals surface area (Å²) in [5.74, 6) is -0.420. The number of alkyl halides is 1. The van der Waals surface area contributed by atoms with E-state index in [4.69, 9.17) is 4.74 Å². The molecule has 1 rings (SSSR count). The van der Waals surface area contributed by atoms with Crippen molar-refractivity contribution in [2.24, 2.45) is 5.92 Å². The highest BCUT2D eigenvalue weighted by Crippen LogP contribution is 2.20. The molecule has 0 spiro atoms. The number of hydrogen-bond acceptors (Lipinski definition) is 3. The molecule has 1 heterocycles. The molecule has 1 saturated heterocycles. The van der Waals surface area contributed by atoms with E-state index in [1.807, 2.05) is 0 Å². The molecule has 0 aliphatic carbocycles. The van der Waals surface area contributed by atoms with Gasteiger partial charge in [-0.1, -0.05) is 0 Å². The summed E-state index contributed by atoms with van der Waals surface area (Å²) >= 11 is 0. The molecule has 2 unspecified atom stereocenters. The van der Waals surface area contributed by atoms with Gasteiger partial charge in [-0.3, -0.25) is 0 Å². The number of rotatable bonds is 1. The van der Waals surface area contributed by atoms with E-state index in [1.54, 1.807) is 20.8 Å². The highest BCUT2D eigenvalue weighted by molar-refractivity contribution is 5.69. The second-order valence-corrected chi connectivity index (χ2v) is 5.11. The Bertz CT molecular complexity index is 275. The molecular weight excluding hydrogens is 213 g/mol. The first kappa shape index (κ1) is 12.9. The van der Waals surface area contributed by atoms with Gasteiger partial charge < -0.3 is 14.4 Å². The maximum Gasteiger partial charge on any atom is 0.410 e. The van der Waals surface area contributed by atoms with Gasteiger partial charge in [0.15, 0.2) is 0 Å². The minimum absolute atomic E-state index is 0.0131. The Hall–Kier alpha value is -1.13. The number of carbonyl (C=O) groups excluding carboxylic acids is 2. The topological polar surface area (TPSA) is 46.6 Å².